The lowest BCUT2D eigenvalue weighted by Gasteiger charge is -2.30. The van der Waals surface area contributed by atoms with Crippen LogP contribution in [0.15, 0.2) is 54.6 Å². The highest BCUT2D eigenvalue weighted by Gasteiger charge is 2.51. The Kier molecular flexibility index (Phi) is 6.95. The summed E-state index contributed by atoms with van der Waals surface area (Å²) in [6, 6.07) is 15.7. The van der Waals surface area contributed by atoms with Crippen LogP contribution in [0.4, 0.5) is 10.5 Å². The Balaban J connectivity index is 1.36. The lowest BCUT2D eigenvalue weighted by molar-refractivity contribution is -0.132. The fraction of sp³-hybridized carbons (Fsp3) is 0.385. The van der Waals surface area contributed by atoms with Crippen molar-refractivity contribution in [2.45, 2.75) is 57.0 Å². The van der Waals surface area contributed by atoms with Gasteiger partial charge in [0, 0.05) is 13.0 Å². The first-order valence-electron chi connectivity index (χ1n) is 11.8. The summed E-state index contributed by atoms with van der Waals surface area (Å²) in [7, 11) is 0. The molecule has 8 nitrogen and oxygen atoms in total. The maximum absolute atomic E-state index is 12.9. The summed E-state index contributed by atoms with van der Waals surface area (Å²) in [5.41, 5.74) is 0.897. The summed E-state index contributed by atoms with van der Waals surface area (Å²) in [6.07, 6.45) is 4.11. The highest BCUT2D eigenvalue weighted by atomic mass is 16.2. The van der Waals surface area contributed by atoms with Crippen molar-refractivity contribution in [1.29, 1.82) is 0 Å². The van der Waals surface area contributed by atoms with E-state index in [1.807, 2.05) is 37.3 Å². The molecule has 2 aromatic carbocycles. The maximum Gasteiger partial charge on any atom is 0.325 e. The molecule has 0 radical (unpaired) electrons. The quantitative estimate of drug-likeness (QED) is 0.545. The average Bonchev–Trinajstić information content (AvgIpc) is 3.07. The zero-order valence-corrected chi connectivity index (χ0v) is 19.3. The monoisotopic (exact) mass is 462 g/mol. The van der Waals surface area contributed by atoms with Crippen LogP contribution in [0.2, 0.25) is 0 Å². The minimum Gasteiger partial charge on any atom is -0.345 e. The second kappa shape index (κ2) is 10.1. The molecule has 1 spiro atoms. The molecule has 1 unspecified atom stereocenters. The summed E-state index contributed by atoms with van der Waals surface area (Å²) in [4.78, 5) is 52.0. The Morgan fingerprint density at radius 3 is 2.41 bits per heavy atom. The molecule has 3 N–H and O–H groups in total. The molecule has 178 valence electrons. The van der Waals surface area contributed by atoms with Gasteiger partial charge in [0.1, 0.15) is 5.54 Å². The first kappa shape index (κ1) is 23.5. The third-order valence-corrected chi connectivity index (χ3v) is 6.61. The number of anilines is 1. The van der Waals surface area contributed by atoms with Crippen molar-refractivity contribution in [2.24, 2.45) is 0 Å². The number of imide groups is 1. The molecule has 1 saturated heterocycles. The van der Waals surface area contributed by atoms with Gasteiger partial charge in [-0.2, -0.15) is 0 Å². The molecule has 1 atom stereocenters. The van der Waals surface area contributed by atoms with E-state index in [-0.39, 0.29) is 36.7 Å². The van der Waals surface area contributed by atoms with Crippen LogP contribution in [-0.2, 0) is 9.59 Å². The van der Waals surface area contributed by atoms with Crippen LogP contribution >= 0.6 is 0 Å². The molecular weight excluding hydrogens is 432 g/mol. The number of para-hydroxylation sites is 1. The molecule has 5 amide bonds. The van der Waals surface area contributed by atoms with Crippen molar-refractivity contribution >= 4 is 29.4 Å². The highest BCUT2D eigenvalue weighted by molar-refractivity contribution is 6.08. The molecular formula is C26H30N4O4. The predicted molar refractivity (Wildman–Crippen MR) is 128 cm³/mol. The molecule has 2 aromatic rings. The molecule has 1 aliphatic heterocycles. The van der Waals surface area contributed by atoms with E-state index >= 15 is 0 Å². The lowest BCUT2D eigenvalue weighted by Crippen LogP contribution is -2.48. The number of nitrogens with zero attached hydrogens (tertiary/aromatic N) is 1. The Morgan fingerprint density at radius 2 is 1.68 bits per heavy atom. The molecule has 34 heavy (non-hydrogen) atoms. The van der Waals surface area contributed by atoms with E-state index in [0.717, 1.165) is 29.7 Å². The van der Waals surface area contributed by atoms with E-state index in [1.165, 1.54) is 0 Å². The summed E-state index contributed by atoms with van der Waals surface area (Å²) < 4.78 is 0. The number of hydrogen-bond acceptors (Lipinski definition) is 4. The zero-order chi connectivity index (χ0) is 24.1. The molecule has 1 heterocycles. The number of rotatable bonds is 7. The molecule has 2 aliphatic rings. The van der Waals surface area contributed by atoms with Crippen LogP contribution in [0, 0.1) is 0 Å². The van der Waals surface area contributed by atoms with Crippen LogP contribution in [0.1, 0.15) is 67.4 Å². The van der Waals surface area contributed by atoms with Gasteiger partial charge in [-0.25, -0.2) is 4.79 Å². The average molecular weight is 463 g/mol. The van der Waals surface area contributed by atoms with Gasteiger partial charge in [0.05, 0.1) is 17.3 Å². The second-order valence-corrected chi connectivity index (χ2v) is 8.98. The standard InChI is InChI=1S/C26H30N4O4/c1-18(19-10-4-2-5-11-19)27-23(32)20-12-6-7-13-21(20)28-22(31)14-17-30-24(33)26(29-25(30)34)15-8-3-9-16-26/h2,4-7,10-13,18H,3,8-9,14-17H2,1H3,(H,27,32)(H,28,31)(H,29,34). The smallest absolute Gasteiger partial charge is 0.325 e. The molecule has 2 fully saturated rings. The van der Waals surface area contributed by atoms with Crippen molar-refractivity contribution in [3.05, 3.63) is 65.7 Å². The van der Waals surface area contributed by atoms with Gasteiger partial charge < -0.3 is 16.0 Å². The van der Waals surface area contributed by atoms with Gasteiger partial charge in [-0.3, -0.25) is 19.3 Å². The number of hydrogen-bond donors (Lipinski definition) is 3. The van der Waals surface area contributed by atoms with Gasteiger partial charge in [-0.05, 0) is 37.5 Å². The third-order valence-electron chi connectivity index (χ3n) is 6.61. The Morgan fingerprint density at radius 1 is 1.00 bits per heavy atom. The number of carbonyl (C=O) groups excluding carboxylic acids is 4. The van der Waals surface area contributed by atoms with Gasteiger partial charge in [0.15, 0.2) is 0 Å². The van der Waals surface area contributed by atoms with Crippen molar-refractivity contribution in [3.8, 4) is 0 Å². The van der Waals surface area contributed by atoms with Crippen LogP contribution in [0.5, 0.6) is 0 Å². The topological polar surface area (TPSA) is 108 Å². The summed E-state index contributed by atoms with van der Waals surface area (Å²) in [5.74, 6) is -0.915. The number of urea groups is 1. The van der Waals surface area contributed by atoms with Crippen LogP contribution in [-0.4, -0.2) is 40.7 Å². The van der Waals surface area contributed by atoms with E-state index in [4.69, 9.17) is 0 Å². The molecule has 8 heteroatoms. The van der Waals surface area contributed by atoms with Gasteiger partial charge in [-0.1, -0.05) is 61.7 Å². The number of nitrogens with one attached hydrogen (secondary N) is 3. The summed E-state index contributed by atoms with van der Waals surface area (Å²) in [5, 5.41) is 8.56. The van der Waals surface area contributed by atoms with Crippen molar-refractivity contribution < 1.29 is 19.2 Å². The van der Waals surface area contributed by atoms with Crippen LogP contribution in [0.25, 0.3) is 0 Å². The van der Waals surface area contributed by atoms with Crippen molar-refractivity contribution in [2.75, 3.05) is 11.9 Å². The number of amides is 5. The van der Waals surface area contributed by atoms with E-state index in [0.29, 0.717) is 24.1 Å². The van der Waals surface area contributed by atoms with Gasteiger partial charge in [0.25, 0.3) is 11.8 Å². The molecule has 0 bridgehead atoms. The van der Waals surface area contributed by atoms with E-state index in [9.17, 15) is 19.2 Å². The fourth-order valence-electron chi connectivity index (χ4n) is 4.69. The van der Waals surface area contributed by atoms with E-state index in [2.05, 4.69) is 16.0 Å². The fourth-order valence-corrected chi connectivity index (χ4v) is 4.69. The maximum atomic E-state index is 12.9. The molecule has 4 rings (SSSR count). The lowest BCUT2D eigenvalue weighted by atomic mass is 9.82. The summed E-state index contributed by atoms with van der Waals surface area (Å²) in [6.45, 7) is 1.89. The van der Waals surface area contributed by atoms with Gasteiger partial charge in [0.2, 0.25) is 5.91 Å². The van der Waals surface area contributed by atoms with E-state index in [1.54, 1.807) is 24.3 Å². The predicted octanol–water partition coefficient (Wildman–Crippen LogP) is 3.76. The number of carbonyl (C=O) groups is 4. The third kappa shape index (κ3) is 4.95. The molecule has 0 aromatic heterocycles. The normalized spacial score (nSPS) is 17.9. The van der Waals surface area contributed by atoms with Crippen LogP contribution in [0.3, 0.4) is 0 Å². The Bertz CT molecular complexity index is 1080. The first-order chi connectivity index (χ1) is 16.4. The first-order valence-corrected chi connectivity index (χ1v) is 11.8. The minimum atomic E-state index is -0.800. The Hall–Kier alpha value is -3.68. The minimum absolute atomic E-state index is 0.00233. The van der Waals surface area contributed by atoms with Crippen molar-refractivity contribution in [1.82, 2.24) is 15.5 Å². The second-order valence-electron chi connectivity index (χ2n) is 8.98. The molecule has 1 saturated carbocycles. The van der Waals surface area contributed by atoms with Gasteiger partial charge >= 0.3 is 6.03 Å². The van der Waals surface area contributed by atoms with Crippen LogP contribution < -0.4 is 16.0 Å². The largest absolute Gasteiger partial charge is 0.345 e. The van der Waals surface area contributed by atoms with Gasteiger partial charge in [-0.15, -0.1) is 0 Å². The summed E-state index contributed by atoms with van der Waals surface area (Å²) >= 11 is 0. The molecule has 1 aliphatic carbocycles. The van der Waals surface area contributed by atoms with E-state index < -0.39 is 11.6 Å². The highest BCUT2D eigenvalue weighted by Crippen LogP contribution is 2.33. The van der Waals surface area contributed by atoms with Crippen molar-refractivity contribution in [3.63, 3.8) is 0 Å². The number of benzene rings is 2. The Labute approximate surface area is 199 Å². The SMILES string of the molecule is CC(NC(=O)c1ccccc1NC(=O)CCN1C(=O)NC2(CCCCC2)C1=O)c1ccccc1. The zero-order valence-electron chi connectivity index (χ0n) is 19.3.